The Hall–Kier alpha value is -9.96. The summed E-state index contributed by atoms with van der Waals surface area (Å²) in [5.41, 5.74) is 22.4. The molecule has 352 valence electrons. The van der Waals surface area contributed by atoms with Crippen LogP contribution in [0.25, 0.3) is 116 Å². The Morgan fingerprint density at radius 2 is 0.680 bits per heavy atom. The van der Waals surface area contributed by atoms with Crippen molar-refractivity contribution in [2.24, 2.45) is 0 Å². The van der Waals surface area contributed by atoms with Gasteiger partial charge >= 0.3 is 0 Å². The Balaban J connectivity index is 0.844. The van der Waals surface area contributed by atoms with E-state index in [0.29, 0.717) is 0 Å². The number of aromatic nitrogens is 1. The van der Waals surface area contributed by atoms with Gasteiger partial charge in [0.25, 0.3) is 0 Å². The molecule has 0 bridgehead atoms. The molecule has 12 aromatic carbocycles. The van der Waals surface area contributed by atoms with Gasteiger partial charge in [-0.25, -0.2) is 0 Å². The summed E-state index contributed by atoms with van der Waals surface area (Å²) in [4.78, 5) is 2.40. The van der Waals surface area contributed by atoms with Crippen molar-refractivity contribution in [1.82, 2.24) is 4.57 Å². The van der Waals surface area contributed by atoms with Gasteiger partial charge in [-0.05, 0) is 123 Å². The molecule has 14 rings (SSSR count). The second-order valence-electron chi connectivity index (χ2n) is 19.2. The number of para-hydroxylation sites is 6. The zero-order valence-electron chi connectivity index (χ0n) is 41.0. The van der Waals surface area contributed by atoms with E-state index in [1.54, 1.807) is 0 Å². The molecule has 2 heterocycles. The van der Waals surface area contributed by atoms with Crippen LogP contribution in [-0.2, 0) is 0 Å². The highest BCUT2D eigenvalue weighted by Gasteiger charge is 2.20. The molecule has 3 nitrogen and oxygen atoms in total. The molecule has 0 radical (unpaired) electrons. The maximum atomic E-state index is 6.47. The molecular formula is C72H48N2O. The Bertz CT molecular complexity index is 4360. The van der Waals surface area contributed by atoms with E-state index in [-0.39, 0.29) is 0 Å². The van der Waals surface area contributed by atoms with E-state index < -0.39 is 0 Å². The second kappa shape index (κ2) is 18.6. The maximum absolute atomic E-state index is 6.47. The topological polar surface area (TPSA) is 21.3 Å². The third-order valence-corrected chi connectivity index (χ3v) is 14.8. The fraction of sp³-hybridized carbons (Fsp3) is 0. The van der Waals surface area contributed by atoms with Gasteiger partial charge in [0.05, 0.1) is 22.4 Å². The van der Waals surface area contributed by atoms with Crippen molar-refractivity contribution >= 4 is 60.8 Å². The molecule has 0 aliphatic heterocycles. The van der Waals surface area contributed by atoms with Gasteiger partial charge < -0.3 is 13.9 Å². The molecule has 0 spiro atoms. The maximum Gasteiger partial charge on any atom is 0.143 e. The molecule has 0 aliphatic carbocycles. The zero-order valence-corrected chi connectivity index (χ0v) is 41.0. The van der Waals surface area contributed by atoms with Crippen LogP contribution in [0.1, 0.15) is 0 Å². The van der Waals surface area contributed by atoms with Crippen LogP contribution in [0.2, 0.25) is 0 Å². The van der Waals surface area contributed by atoms with Crippen molar-refractivity contribution in [1.29, 1.82) is 0 Å². The van der Waals surface area contributed by atoms with Crippen LogP contribution < -0.4 is 4.90 Å². The molecule has 3 heteroatoms. The lowest BCUT2D eigenvalue weighted by molar-refractivity contribution is 0.670. The molecule has 0 amide bonds. The fourth-order valence-corrected chi connectivity index (χ4v) is 11.2. The predicted octanol–water partition coefficient (Wildman–Crippen LogP) is 20.2. The molecule has 14 aromatic rings. The second-order valence-corrected chi connectivity index (χ2v) is 19.2. The first-order valence-electron chi connectivity index (χ1n) is 25.6. The molecule has 0 atom stereocenters. The normalized spacial score (nSPS) is 11.5. The SMILES string of the molecule is c1ccc(-c2cccc(-c3ccccc3N(c3ccc(-c4cccc(-c5ccccc5-n5c6ccccc6c6ccccc65)c4)cc3)c3ccc(-c4cccc(-c5cccc6c5oc5ccccc56)c4)cc3)c2)cc1. The summed E-state index contributed by atoms with van der Waals surface area (Å²) < 4.78 is 8.89. The lowest BCUT2D eigenvalue weighted by Crippen LogP contribution is -2.11. The lowest BCUT2D eigenvalue weighted by Gasteiger charge is -2.28. The number of hydrogen-bond donors (Lipinski definition) is 0. The van der Waals surface area contributed by atoms with E-state index in [1.807, 2.05) is 12.1 Å². The number of hydrogen-bond acceptors (Lipinski definition) is 2. The van der Waals surface area contributed by atoms with Gasteiger partial charge in [-0.2, -0.15) is 0 Å². The van der Waals surface area contributed by atoms with E-state index in [9.17, 15) is 0 Å². The van der Waals surface area contributed by atoms with E-state index in [1.165, 1.54) is 44.1 Å². The first-order valence-corrected chi connectivity index (χ1v) is 25.6. The monoisotopic (exact) mass is 956 g/mol. The third-order valence-electron chi connectivity index (χ3n) is 14.8. The van der Waals surface area contributed by atoms with Crippen molar-refractivity contribution in [3.05, 3.63) is 291 Å². The highest BCUT2D eigenvalue weighted by atomic mass is 16.3. The highest BCUT2D eigenvalue weighted by Crippen LogP contribution is 2.44. The average Bonchev–Trinajstić information content (AvgIpc) is 4.08. The van der Waals surface area contributed by atoms with Gasteiger partial charge in [-0.15, -0.1) is 0 Å². The summed E-state index contributed by atoms with van der Waals surface area (Å²) >= 11 is 0. The molecule has 75 heavy (non-hydrogen) atoms. The van der Waals surface area contributed by atoms with Crippen LogP contribution in [0.3, 0.4) is 0 Å². The number of nitrogens with zero attached hydrogens (tertiary/aromatic N) is 2. The van der Waals surface area contributed by atoms with Crippen LogP contribution >= 0.6 is 0 Å². The molecular weight excluding hydrogens is 909 g/mol. The Morgan fingerprint density at radius 1 is 0.267 bits per heavy atom. The standard InChI is InChI=1S/C72H48N2O/c1-2-18-49(19-3-1)52-20-14-23-55(46-52)60-26-4-9-33-67(60)73(59-44-40-51(41-45-59)54-22-16-25-57(48-54)62-31-17-32-66-65-30-8-13-37-71(65)75-72(62)66)58-42-38-50(39-43-58)53-21-15-24-56(47-53)61-27-5-10-34-68(61)74-69-35-11-6-28-63(69)64-29-7-12-36-70(64)74/h1-48H. The van der Waals surface area contributed by atoms with Crippen molar-refractivity contribution < 1.29 is 4.42 Å². The molecule has 0 saturated carbocycles. The number of fused-ring (bicyclic) bond motifs is 6. The summed E-state index contributed by atoms with van der Waals surface area (Å²) in [5, 5.41) is 4.77. The Kier molecular flexibility index (Phi) is 10.8. The zero-order chi connectivity index (χ0) is 49.7. The molecule has 0 N–H and O–H groups in total. The minimum Gasteiger partial charge on any atom is -0.455 e. The first-order chi connectivity index (χ1) is 37.2. The highest BCUT2D eigenvalue weighted by molar-refractivity contribution is 6.11. The van der Waals surface area contributed by atoms with Crippen LogP contribution in [0.4, 0.5) is 17.1 Å². The Labute approximate surface area is 436 Å². The minimum atomic E-state index is 0.902. The fourth-order valence-electron chi connectivity index (χ4n) is 11.2. The number of rotatable bonds is 10. The van der Waals surface area contributed by atoms with Crippen molar-refractivity contribution in [3.63, 3.8) is 0 Å². The summed E-state index contributed by atoms with van der Waals surface area (Å²) in [7, 11) is 0. The Morgan fingerprint density at radius 3 is 1.31 bits per heavy atom. The third kappa shape index (κ3) is 7.86. The van der Waals surface area contributed by atoms with E-state index in [2.05, 4.69) is 289 Å². The number of anilines is 3. The van der Waals surface area contributed by atoms with Gasteiger partial charge in [-0.1, -0.05) is 218 Å². The number of benzene rings is 12. The van der Waals surface area contributed by atoms with Crippen LogP contribution in [-0.4, -0.2) is 4.57 Å². The quantitative estimate of drug-likeness (QED) is 0.136. The van der Waals surface area contributed by atoms with Crippen molar-refractivity contribution in [3.8, 4) is 72.4 Å². The summed E-state index contributed by atoms with van der Waals surface area (Å²) in [5.74, 6) is 0. The van der Waals surface area contributed by atoms with E-state index in [0.717, 1.165) is 89.2 Å². The molecule has 2 aromatic heterocycles. The van der Waals surface area contributed by atoms with Crippen LogP contribution in [0, 0.1) is 0 Å². The summed E-state index contributed by atoms with van der Waals surface area (Å²) in [6, 6.07) is 105. The van der Waals surface area contributed by atoms with Gasteiger partial charge in [0.2, 0.25) is 0 Å². The summed E-state index contributed by atoms with van der Waals surface area (Å²) in [6.45, 7) is 0. The summed E-state index contributed by atoms with van der Waals surface area (Å²) in [6.07, 6.45) is 0. The smallest absolute Gasteiger partial charge is 0.143 e. The minimum absolute atomic E-state index is 0.902. The largest absolute Gasteiger partial charge is 0.455 e. The molecule has 0 fully saturated rings. The van der Waals surface area contributed by atoms with Gasteiger partial charge in [0, 0.05) is 49.6 Å². The predicted molar refractivity (Wildman–Crippen MR) is 315 cm³/mol. The van der Waals surface area contributed by atoms with Crippen molar-refractivity contribution in [2.75, 3.05) is 4.90 Å². The first kappa shape index (κ1) is 43.8. The van der Waals surface area contributed by atoms with Gasteiger partial charge in [0.1, 0.15) is 11.2 Å². The average molecular weight is 957 g/mol. The molecule has 0 aliphatic rings. The van der Waals surface area contributed by atoms with E-state index in [4.69, 9.17) is 4.42 Å². The van der Waals surface area contributed by atoms with Gasteiger partial charge in [0.15, 0.2) is 0 Å². The molecule has 0 saturated heterocycles. The van der Waals surface area contributed by atoms with E-state index >= 15 is 0 Å². The van der Waals surface area contributed by atoms with Crippen molar-refractivity contribution in [2.45, 2.75) is 0 Å². The lowest BCUT2D eigenvalue weighted by atomic mass is 9.96. The van der Waals surface area contributed by atoms with Gasteiger partial charge in [-0.3, -0.25) is 0 Å². The number of furan rings is 1. The van der Waals surface area contributed by atoms with Crippen LogP contribution in [0.5, 0.6) is 0 Å². The van der Waals surface area contributed by atoms with Crippen LogP contribution in [0.15, 0.2) is 296 Å². The molecule has 0 unspecified atom stereocenters.